The molecule has 2 aromatic rings. The number of hydrogen-bond acceptors (Lipinski definition) is 6. The third-order valence-corrected chi connectivity index (χ3v) is 4.71. The van der Waals surface area contributed by atoms with E-state index in [0.29, 0.717) is 25.3 Å². The summed E-state index contributed by atoms with van der Waals surface area (Å²) >= 11 is 0. The quantitative estimate of drug-likeness (QED) is 0.659. The van der Waals surface area contributed by atoms with E-state index < -0.39 is 17.2 Å². The molecule has 0 aliphatic carbocycles. The van der Waals surface area contributed by atoms with Crippen LogP contribution in [0.3, 0.4) is 0 Å². The summed E-state index contributed by atoms with van der Waals surface area (Å²) < 4.78 is 4.20. The predicted molar refractivity (Wildman–Crippen MR) is 103 cm³/mol. The number of hydrogen-bond donors (Lipinski definition) is 1. The molecule has 9 heteroatoms. The van der Waals surface area contributed by atoms with Gasteiger partial charge in [-0.15, -0.1) is 0 Å². The largest absolute Gasteiger partial charge is 0.388 e. The van der Waals surface area contributed by atoms with Crippen molar-refractivity contribution in [1.82, 2.24) is 18.7 Å². The fourth-order valence-electron chi connectivity index (χ4n) is 3.26. The van der Waals surface area contributed by atoms with Crippen molar-refractivity contribution in [2.45, 2.75) is 72.2 Å². The minimum atomic E-state index is -0.609. The number of unbranched alkanes of at least 4 members (excludes halogenated alkanes) is 1. The minimum absolute atomic E-state index is 0.0658. The van der Waals surface area contributed by atoms with Crippen LogP contribution in [0.1, 0.15) is 51.8 Å². The number of aliphatic hydroxyl groups excluding tert-OH is 1. The van der Waals surface area contributed by atoms with Crippen LogP contribution in [0.5, 0.6) is 0 Å². The van der Waals surface area contributed by atoms with Gasteiger partial charge in [0.1, 0.15) is 12.4 Å². The highest BCUT2D eigenvalue weighted by Crippen LogP contribution is 2.14. The highest BCUT2D eigenvalue weighted by Gasteiger charge is 2.22. The second kappa shape index (κ2) is 9.86. The van der Waals surface area contributed by atoms with Crippen LogP contribution in [0.2, 0.25) is 0 Å². The number of fused-ring (bicyclic) bond motifs is 1. The Hall–Kier alpha value is -2.91. The first kappa shape index (κ1) is 21.4. The molecule has 150 valence electrons. The second-order valence-corrected chi connectivity index (χ2v) is 6.74. The number of aromatic nitrogens is 4. The zero-order valence-electron chi connectivity index (χ0n) is 16.4. The normalized spacial score (nSPS) is 12.0. The lowest BCUT2D eigenvalue weighted by Gasteiger charge is -2.14. The maximum Gasteiger partial charge on any atom is 0.332 e. The highest BCUT2D eigenvalue weighted by atomic mass is 16.3. The second-order valence-electron chi connectivity index (χ2n) is 6.74. The molecule has 0 fully saturated rings. The molecule has 0 bridgehead atoms. The number of aliphatic hydroxyl groups is 1. The molecule has 2 rings (SSSR count). The van der Waals surface area contributed by atoms with Crippen LogP contribution < -0.4 is 11.2 Å². The van der Waals surface area contributed by atoms with Crippen LogP contribution in [0, 0.1) is 28.6 Å². The molecule has 1 N–H and O–H groups in total. The Bertz CT molecular complexity index is 1020. The third-order valence-electron chi connectivity index (χ3n) is 4.71. The standard InChI is InChI=1S/C19H26N6O3/c1-3-5-10-24-17-16(23(9-4-2)15(13-26)22-17)18(27)25(19(24)28)12-14(11-21)7-6-8-20/h14,26H,3-7,9-10,12-13H2,1-2H3/t14-/m0/s1. The summed E-state index contributed by atoms with van der Waals surface area (Å²) in [7, 11) is 0. The van der Waals surface area contributed by atoms with Crippen molar-refractivity contribution in [1.29, 1.82) is 10.5 Å². The monoisotopic (exact) mass is 386 g/mol. The summed E-state index contributed by atoms with van der Waals surface area (Å²) in [5.41, 5.74) is -0.458. The van der Waals surface area contributed by atoms with E-state index in [0.717, 1.165) is 23.8 Å². The van der Waals surface area contributed by atoms with E-state index in [2.05, 4.69) is 11.1 Å². The third kappa shape index (κ3) is 4.15. The van der Waals surface area contributed by atoms with E-state index in [-0.39, 0.29) is 30.7 Å². The van der Waals surface area contributed by atoms with Crippen molar-refractivity contribution in [2.75, 3.05) is 0 Å². The molecule has 2 aromatic heterocycles. The molecule has 0 aromatic carbocycles. The van der Waals surface area contributed by atoms with Crippen LogP contribution in [0.25, 0.3) is 11.2 Å². The van der Waals surface area contributed by atoms with Crippen LogP contribution in [-0.4, -0.2) is 23.8 Å². The zero-order chi connectivity index (χ0) is 20.7. The summed E-state index contributed by atoms with van der Waals surface area (Å²) in [6.45, 7) is 4.44. The number of rotatable bonds is 10. The first-order valence-corrected chi connectivity index (χ1v) is 9.64. The molecule has 0 aliphatic heterocycles. The molecule has 0 amide bonds. The lowest BCUT2D eigenvalue weighted by Crippen LogP contribution is -2.42. The Labute approximate surface area is 163 Å². The molecule has 28 heavy (non-hydrogen) atoms. The van der Waals surface area contributed by atoms with E-state index in [1.54, 1.807) is 4.57 Å². The van der Waals surface area contributed by atoms with E-state index >= 15 is 0 Å². The molecule has 0 radical (unpaired) electrons. The van der Waals surface area contributed by atoms with Gasteiger partial charge in [-0.05, 0) is 19.3 Å². The van der Waals surface area contributed by atoms with E-state index in [1.165, 1.54) is 4.57 Å². The fourth-order valence-corrected chi connectivity index (χ4v) is 3.26. The van der Waals surface area contributed by atoms with Crippen molar-refractivity contribution in [3.8, 4) is 12.1 Å². The van der Waals surface area contributed by atoms with E-state index in [4.69, 9.17) is 5.26 Å². The van der Waals surface area contributed by atoms with Gasteiger partial charge in [-0.2, -0.15) is 10.5 Å². The van der Waals surface area contributed by atoms with Crippen molar-refractivity contribution in [3.05, 3.63) is 26.7 Å². The lowest BCUT2D eigenvalue weighted by molar-refractivity contribution is 0.265. The first-order valence-electron chi connectivity index (χ1n) is 9.64. The predicted octanol–water partition coefficient (Wildman–Crippen LogP) is 1.51. The number of aryl methyl sites for hydroxylation is 2. The van der Waals surface area contributed by atoms with Gasteiger partial charge < -0.3 is 9.67 Å². The van der Waals surface area contributed by atoms with Gasteiger partial charge >= 0.3 is 5.69 Å². The van der Waals surface area contributed by atoms with Crippen LogP contribution in [0.4, 0.5) is 0 Å². The first-order chi connectivity index (χ1) is 13.5. The van der Waals surface area contributed by atoms with Gasteiger partial charge in [0, 0.05) is 26.1 Å². The van der Waals surface area contributed by atoms with Crippen LogP contribution in [0.15, 0.2) is 9.59 Å². The van der Waals surface area contributed by atoms with Gasteiger partial charge in [0.05, 0.1) is 18.1 Å². The number of imidazole rings is 1. The summed E-state index contributed by atoms with van der Waals surface area (Å²) in [5.74, 6) is -0.264. The molecule has 9 nitrogen and oxygen atoms in total. The zero-order valence-corrected chi connectivity index (χ0v) is 16.4. The summed E-state index contributed by atoms with van der Waals surface area (Å²) in [4.78, 5) is 30.6. The van der Waals surface area contributed by atoms with Gasteiger partial charge in [0.25, 0.3) is 5.56 Å². The molecule has 1 atom stereocenters. The molecular weight excluding hydrogens is 360 g/mol. The molecule has 2 heterocycles. The molecular formula is C19H26N6O3. The SMILES string of the molecule is CCCCn1c(=O)n(C[C@H](C#N)CCC#N)c(=O)c2c1nc(CO)n2CCC. The number of nitriles is 2. The summed E-state index contributed by atoms with van der Waals surface area (Å²) in [6.07, 6.45) is 2.80. The molecule has 0 aliphatic rings. The van der Waals surface area contributed by atoms with Crippen molar-refractivity contribution in [3.63, 3.8) is 0 Å². The Morgan fingerprint density at radius 2 is 1.86 bits per heavy atom. The average molecular weight is 386 g/mol. The lowest BCUT2D eigenvalue weighted by atomic mass is 10.1. The van der Waals surface area contributed by atoms with Gasteiger partial charge in [0.2, 0.25) is 0 Å². The smallest absolute Gasteiger partial charge is 0.332 e. The van der Waals surface area contributed by atoms with Crippen LogP contribution in [-0.2, 0) is 26.2 Å². The fraction of sp³-hybridized carbons (Fsp3) is 0.632. The molecule has 0 unspecified atom stereocenters. The molecule has 0 saturated carbocycles. The van der Waals surface area contributed by atoms with Gasteiger partial charge in [0.15, 0.2) is 11.2 Å². The maximum atomic E-state index is 13.2. The van der Waals surface area contributed by atoms with Crippen molar-refractivity contribution in [2.24, 2.45) is 5.92 Å². The highest BCUT2D eigenvalue weighted by molar-refractivity contribution is 5.71. The maximum absolute atomic E-state index is 13.2. The molecule has 0 saturated heterocycles. The Morgan fingerprint density at radius 3 is 2.43 bits per heavy atom. The Morgan fingerprint density at radius 1 is 1.11 bits per heavy atom. The Kier molecular flexibility index (Phi) is 7.53. The van der Waals surface area contributed by atoms with Gasteiger partial charge in [-0.1, -0.05) is 20.3 Å². The topological polar surface area (TPSA) is 130 Å². The van der Waals surface area contributed by atoms with E-state index in [9.17, 15) is 20.0 Å². The summed E-state index contributed by atoms with van der Waals surface area (Å²) in [6, 6.07) is 4.07. The Balaban J connectivity index is 2.75. The number of nitrogens with zero attached hydrogens (tertiary/aromatic N) is 6. The van der Waals surface area contributed by atoms with Crippen molar-refractivity contribution < 1.29 is 5.11 Å². The van der Waals surface area contributed by atoms with Gasteiger partial charge in [-0.3, -0.25) is 13.9 Å². The van der Waals surface area contributed by atoms with E-state index in [1.807, 2.05) is 19.9 Å². The molecule has 0 spiro atoms. The van der Waals surface area contributed by atoms with Crippen LogP contribution >= 0.6 is 0 Å². The minimum Gasteiger partial charge on any atom is -0.388 e. The summed E-state index contributed by atoms with van der Waals surface area (Å²) in [5, 5.41) is 27.8. The average Bonchev–Trinajstić information content (AvgIpc) is 3.06. The van der Waals surface area contributed by atoms with Crippen molar-refractivity contribution >= 4 is 11.2 Å². The van der Waals surface area contributed by atoms with Gasteiger partial charge in [-0.25, -0.2) is 9.78 Å².